The molecule has 15 aromatic rings. The van der Waals surface area contributed by atoms with E-state index in [2.05, 4.69) is 366 Å². The molecule has 0 saturated heterocycles. The van der Waals surface area contributed by atoms with Gasteiger partial charge >= 0.3 is 0 Å². The van der Waals surface area contributed by atoms with Gasteiger partial charge in [-0.3, -0.25) is 0 Å². The SMILES string of the molecule is CC(C)(C)c1ccc(N2c3cc(-n4c5ccc(C(C)(C)C)cc5c5cc(C(C)(C)C)ccc54)ccc3B3c4ccc(-n5c6ccccc6c6ccccc65)cc4Oc4cc(-c5cc(C#N)ccc5CN(c5ccccc5)c5ccccc5-c5ccccc5)cc2c43)c(-c2ccccc2)c1. The number of nitriles is 1. The minimum Gasteiger partial charge on any atom is -0.458 e. The van der Waals surface area contributed by atoms with E-state index in [1.807, 2.05) is 6.07 Å². The second-order valence-electron chi connectivity index (χ2n) is 30.0. The number of hydrogen-bond acceptors (Lipinski definition) is 4. The first-order chi connectivity index (χ1) is 47.9. The summed E-state index contributed by atoms with van der Waals surface area (Å²) in [7, 11) is 0. The quantitative estimate of drug-likeness (QED) is 0.128. The lowest BCUT2D eigenvalue weighted by Crippen LogP contribution is -2.59. The van der Waals surface area contributed by atoms with Crippen molar-refractivity contribution >= 4 is 95.1 Å². The van der Waals surface area contributed by atoms with Crippen LogP contribution in [0.2, 0.25) is 0 Å². The summed E-state index contributed by atoms with van der Waals surface area (Å²) < 4.78 is 12.6. The van der Waals surface area contributed by atoms with Crippen LogP contribution in [0.15, 0.2) is 285 Å². The summed E-state index contributed by atoms with van der Waals surface area (Å²) >= 11 is 0. The molecule has 0 bridgehead atoms. The van der Waals surface area contributed by atoms with E-state index in [0.29, 0.717) is 12.1 Å². The maximum Gasteiger partial charge on any atom is 0.256 e. The maximum absolute atomic E-state index is 11.0. The van der Waals surface area contributed by atoms with Gasteiger partial charge in [0.05, 0.1) is 39.4 Å². The van der Waals surface area contributed by atoms with Gasteiger partial charge in [0.2, 0.25) is 0 Å². The molecule has 478 valence electrons. The normalized spacial score (nSPS) is 12.8. The number of nitrogens with zero attached hydrogens (tertiary/aromatic N) is 5. The fraction of sp³-hybridized carbons (Fsp3) is 0.141. The molecule has 0 saturated carbocycles. The monoisotopic (exact) mass is 1280 g/mol. The van der Waals surface area contributed by atoms with Gasteiger partial charge in [-0.25, -0.2) is 0 Å². The topological polar surface area (TPSA) is 49.4 Å². The standard InChI is InChI=1S/C92H76BN5O/c1-90(2,3)64-39-46-82(74(52-64)61-27-15-11-16-28-61)98-85-55-68(96-83-47-40-65(91(4,5)6)53-75(83)76-54-66(92(7,8)9)41-48-84(76)96)42-44-77(85)93-78-45-43-69(97-80-35-23-20-32-71(80)72-33-21-24-36-81(72)97)56-87(78)99-88-51-63(50-86(98)89(88)93)73-49-59(57-94)37-38-62(73)58-95(67-29-17-12-18-30-67)79-34-22-19-31-70(79)60-25-13-10-14-26-60/h10-56H,58H2,1-9H3. The molecule has 17 rings (SSSR count). The minimum absolute atomic E-state index is 0.0589. The highest BCUT2D eigenvalue weighted by atomic mass is 16.5. The highest BCUT2D eigenvalue weighted by molar-refractivity contribution is 6.99. The molecule has 0 unspecified atom stereocenters. The second kappa shape index (κ2) is 23.3. The van der Waals surface area contributed by atoms with E-state index in [0.717, 1.165) is 123 Å². The molecule has 0 spiro atoms. The van der Waals surface area contributed by atoms with Crippen LogP contribution in [0.3, 0.4) is 0 Å². The van der Waals surface area contributed by atoms with Gasteiger partial charge in [-0.2, -0.15) is 5.26 Å². The molecule has 2 aliphatic rings. The van der Waals surface area contributed by atoms with Crippen LogP contribution in [0.4, 0.5) is 28.4 Å². The van der Waals surface area contributed by atoms with Crippen molar-refractivity contribution < 1.29 is 4.74 Å². The first-order valence-corrected chi connectivity index (χ1v) is 34.7. The van der Waals surface area contributed by atoms with Gasteiger partial charge in [-0.1, -0.05) is 232 Å². The predicted octanol–water partition coefficient (Wildman–Crippen LogP) is 22.4. The van der Waals surface area contributed by atoms with E-state index in [1.54, 1.807) is 0 Å². The van der Waals surface area contributed by atoms with E-state index < -0.39 is 0 Å². The molecule has 2 aliphatic heterocycles. The van der Waals surface area contributed by atoms with Crippen LogP contribution in [0.1, 0.15) is 90.1 Å². The Kier molecular flexibility index (Phi) is 14.4. The van der Waals surface area contributed by atoms with Crippen LogP contribution in [-0.4, -0.2) is 15.8 Å². The van der Waals surface area contributed by atoms with Crippen molar-refractivity contribution in [3.63, 3.8) is 0 Å². The average molecular weight is 1280 g/mol. The van der Waals surface area contributed by atoms with Gasteiger partial charge in [0.1, 0.15) is 11.5 Å². The van der Waals surface area contributed by atoms with Gasteiger partial charge in [0, 0.05) is 79.4 Å². The summed E-state index contributed by atoms with van der Waals surface area (Å²) in [6.45, 7) is 21.0. The van der Waals surface area contributed by atoms with Crippen LogP contribution in [0.25, 0.3) is 88.4 Å². The minimum atomic E-state index is -0.260. The number of rotatable bonds is 10. The zero-order valence-corrected chi connectivity index (χ0v) is 57.6. The Hall–Kier alpha value is -11.6. The highest BCUT2D eigenvalue weighted by Crippen LogP contribution is 2.50. The molecule has 4 heterocycles. The third kappa shape index (κ3) is 10.4. The number of anilines is 5. The van der Waals surface area contributed by atoms with Gasteiger partial charge in [-0.05, 0) is 186 Å². The van der Waals surface area contributed by atoms with Crippen molar-refractivity contribution in [2.24, 2.45) is 0 Å². The molecule has 99 heavy (non-hydrogen) atoms. The van der Waals surface area contributed by atoms with Crippen LogP contribution >= 0.6 is 0 Å². The number of benzene rings is 13. The maximum atomic E-state index is 11.0. The van der Waals surface area contributed by atoms with Crippen molar-refractivity contribution in [1.82, 2.24) is 9.13 Å². The smallest absolute Gasteiger partial charge is 0.256 e. The lowest BCUT2D eigenvalue weighted by atomic mass is 9.34. The number of para-hydroxylation sites is 4. The molecule has 2 aromatic heterocycles. The van der Waals surface area contributed by atoms with Crippen LogP contribution < -0.4 is 30.9 Å². The molecule has 13 aromatic carbocycles. The first-order valence-electron chi connectivity index (χ1n) is 34.7. The van der Waals surface area contributed by atoms with Gasteiger partial charge in [0.25, 0.3) is 6.71 Å². The largest absolute Gasteiger partial charge is 0.458 e. The summed E-state index contributed by atoms with van der Waals surface area (Å²) in [6, 6.07) is 107. The van der Waals surface area contributed by atoms with Gasteiger partial charge in [0.15, 0.2) is 0 Å². The van der Waals surface area contributed by atoms with E-state index in [4.69, 9.17) is 4.74 Å². The molecule has 6 nitrogen and oxygen atoms in total. The average Bonchev–Trinajstić information content (AvgIpc) is 1.03. The first kappa shape index (κ1) is 61.0. The molecular weight excluding hydrogens is 1200 g/mol. The molecule has 0 amide bonds. The number of hydrogen-bond donors (Lipinski definition) is 0. The summed E-state index contributed by atoms with van der Waals surface area (Å²) in [4.78, 5) is 4.97. The Bertz CT molecular complexity index is 5650. The van der Waals surface area contributed by atoms with Crippen LogP contribution in [0.5, 0.6) is 11.5 Å². The molecule has 7 heteroatoms. The van der Waals surface area contributed by atoms with Crippen molar-refractivity contribution in [3.8, 4) is 62.3 Å². The summed E-state index contributed by atoms with van der Waals surface area (Å²) in [5.74, 6) is 1.56. The lowest BCUT2D eigenvalue weighted by molar-refractivity contribution is 0.487. The van der Waals surface area contributed by atoms with E-state index in [1.165, 1.54) is 43.7 Å². The second-order valence-corrected chi connectivity index (χ2v) is 30.0. The van der Waals surface area contributed by atoms with Crippen molar-refractivity contribution in [2.75, 3.05) is 9.80 Å². The Morgan fingerprint density at radius 3 is 1.53 bits per heavy atom. The summed E-state index contributed by atoms with van der Waals surface area (Å²) in [5.41, 5.74) is 26.8. The summed E-state index contributed by atoms with van der Waals surface area (Å²) in [6.07, 6.45) is 0. The highest BCUT2D eigenvalue weighted by Gasteiger charge is 2.44. The number of fused-ring (bicyclic) bond motifs is 10. The molecule has 0 atom stereocenters. The Balaban J connectivity index is 0.957. The molecule has 0 aliphatic carbocycles. The molecule has 0 N–H and O–H groups in total. The Labute approximate surface area is 581 Å². The van der Waals surface area contributed by atoms with E-state index >= 15 is 0 Å². The summed E-state index contributed by atoms with van der Waals surface area (Å²) in [5, 5.41) is 15.9. The Morgan fingerprint density at radius 2 is 0.909 bits per heavy atom. The molecule has 0 fully saturated rings. The number of aromatic nitrogens is 2. The zero-order valence-electron chi connectivity index (χ0n) is 57.6. The van der Waals surface area contributed by atoms with Crippen LogP contribution in [-0.2, 0) is 22.8 Å². The van der Waals surface area contributed by atoms with E-state index in [-0.39, 0.29) is 23.0 Å². The third-order valence-corrected chi connectivity index (χ3v) is 20.8. The molecular formula is C92H76BN5O. The van der Waals surface area contributed by atoms with Crippen LogP contribution in [0, 0.1) is 11.3 Å². The lowest BCUT2D eigenvalue weighted by Gasteiger charge is -2.41. The van der Waals surface area contributed by atoms with E-state index in [9.17, 15) is 5.26 Å². The zero-order chi connectivity index (χ0) is 67.6. The van der Waals surface area contributed by atoms with Crippen molar-refractivity contribution in [1.29, 1.82) is 5.26 Å². The van der Waals surface area contributed by atoms with Gasteiger partial charge < -0.3 is 23.7 Å². The predicted molar refractivity (Wildman–Crippen MR) is 417 cm³/mol. The third-order valence-electron chi connectivity index (χ3n) is 20.8. The van der Waals surface area contributed by atoms with Crippen molar-refractivity contribution in [2.45, 2.75) is 85.1 Å². The molecule has 0 radical (unpaired) electrons. The fourth-order valence-electron chi connectivity index (χ4n) is 15.6. The Morgan fingerprint density at radius 1 is 0.384 bits per heavy atom. The number of ether oxygens (including phenoxy) is 1. The fourth-order valence-corrected chi connectivity index (χ4v) is 15.6. The van der Waals surface area contributed by atoms with Crippen molar-refractivity contribution in [3.05, 3.63) is 313 Å². The van der Waals surface area contributed by atoms with Gasteiger partial charge in [-0.15, -0.1) is 0 Å².